The first-order valence-electron chi connectivity index (χ1n) is 7.52. The van der Waals surface area contributed by atoms with Gasteiger partial charge in [0.25, 0.3) is 0 Å². The van der Waals surface area contributed by atoms with Crippen molar-refractivity contribution in [2.75, 3.05) is 0 Å². The fourth-order valence-corrected chi connectivity index (χ4v) is 2.33. The van der Waals surface area contributed by atoms with Gasteiger partial charge in [0.05, 0.1) is 0 Å². The molecule has 0 aromatic heterocycles. The zero-order valence-corrected chi connectivity index (χ0v) is 15.0. The van der Waals surface area contributed by atoms with Crippen molar-refractivity contribution in [3.63, 3.8) is 0 Å². The van der Waals surface area contributed by atoms with Gasteiger partial charge in [0.1, 0.15) is 5.75 Å². The van der Waals surface area contributed by atoms with Gasteiger partial charge in [0.2, 0.25) is 0 Å². The van der Waals surface area contributed by atoms with Gasteiger partial charge in [-0.25, -0.2) is 4.79 Å². The lowest BCUT2D eigenvalue weighted by atomic mass is 9.75. The third-order valence-corrected chi connectivity index (χ3v) is 3.71. The molecule has 1 radical (unpaired) electrons. The van der Waals surface area contributed by atoms with Crippen LogP contribution in [0.25, 0.3) is 0 Å². The highest BCUT2D eigenvalue weighted by Gasteiger charge is 2.30. The first-order valence-corrected chi connectivity index (χ1v) is 7.52. The first kappa shape index (κ1) is 17.7. The van der Waals surface area contributed by atoms with E-state index in [9.17, 15) is 4.79 Å². The number of benzene rings is 1. The molecule has 21 heavy (non-hydrogen) atoms. The van der Waals surface area contributed by atoms with E-state index >= 15 is 0 Å². The molecule has 0 spiro atoms. The Morgan fingerprint density at radius 3 is 1.38 bits per heavy atom. The summed E-state index contributed by atoms with van der Waals surface area (Å²) in [5.74, 6) is 0.665. The van der Waals surface area contributed by atoms with Gasteiger partial charge in [0, 0.05) is 11.1 Å². The molecule has 2 heteroatoms. The monoisotopic (exact) mass is 289 g/mol. The van der Waals surface area contributed by atoms with Gasteiger partial charge in [0.15, 0.2) is 0 Å². The van der Waals surface area contributed by atoms with Crippen LogP contribution in [-0.2, 0) is 21.0 Å². The van der Waals surface area contributed by atoms with E-state index in [2.05, 4.69) is 74.4 Å². The summed E-state index contributed by atoms with van der Waals surface area (Å²) in [6, 6.07) is 4.34. The van der Waals surface area contributed by atoms with Crippen LogP contribution in [0.3, 0.4) is 0 Å². The quantitative estimate of drug-likeness (QED) is 0.763. The van der Waals surface area contributed by atoms with Gasteiger partial charge in [-0.05, 0) is 21.8 Å². The van der Waals surface area contributed by atoms with Gasteiger partial charge in [-0.1, -0.05) is 74.4 Å². The average molecular weight is 289 g/mol. The van der Waals surface area contributed by atoms with Crippen molar-refractivity contribution in [1.82, 2.24) is 0 Å². The van der Waals surface area contributed by atoms with E-state index in [1.165, 1.54) is 5.56 Å². The van der Waals surface area contributed by atoms with Crippen LogP contribution < -0.4 is 4.74 Å². The summed E-state index contributed by atoms with van der Waals surface area (Å²) in [7, 11) is 0. The highest BCUT2D eigenvalue weighted by atomic mass is 16.5. The Hall–Kier alpha value is -1.31. The van der Waals surface area contributed by atoms with Gasteiger partial charge >= 0.3 is 6.47 Å². The number of rotatable bonds is 2. The van der Waals surface area contributed by atoms with Crippen molar-refractivity contribution in [1.29, 1.82) is 0 Å². The van der Waals surface area contributed by atoms with Gasteiger partial charge in [-0.15, -0.1) is 0 Å². The maximum Gasteiger partial charge on any atom is 0.423 e. The number of carbonyl (C=O) groups excluding carboxylic acids is 1. The summed E-state index contributed by atoms with van der Waals surface area (Å²) in [6.45, 7) is 21.0. The van der Waals surface area contributed by atoms with Crippen LogP contribution in [0, 0.1) is 0 Å². The standard InChI is InChI=1S/C19H29O2/c1-17(2,3)13-10-14(18(4,5)6)16(21-12-20)15(11-13)19(7,8)9/h10-11H,1-9H3. The second-order valence-electron chi connectivity index (χ2n) is 8.84. The van der Waals surface area contributed by atoms with Crippen LogP contribution in [0.2, 0.25) is 0 Å². The minimum atomic E-state index is -0.104. The molecule has 0 heterocycles. The molecule has 0 N–H and O–H groups in total. The van der Waals surface area contributed by atoms with E-state index in [0.717, 1.165) is 11.1 Å². The summed E-state index contributed by atoms with van der Waals surface area (Å²) in [5.41, 5.74) is 3.21. The molecule has 0 bridgehead atoms. The molecule has 1 aromatic rings. The number of hydrogen-bond donors (Lipinski definition) is 0. The molecule has 0 amide bonds. The van der Waals surface area contributed by atoms with Gasteiger partial charge < -0.3 is 4.74 Å². The molecule has 0 saturated heterocycles. The summed E-state index contributed by atoms with van der Waals surface area (Å²) in [5, 5.41) is 0. The second-order valence-corrected chi connectivity index (χ2v) is 8.84. The van der Waals surface area contributed by atoms with Crippen molar-refractivity contribution in [2.24, 2.45) is 0 Å². The van der Waals surface area contributed by atoms with Crippen LogP contribution >= 0.6 is 0 Å². The topological polar surface area (TPSA) is 26.3 Å². The van der Waals surface area contributed by atoms with Crippen LogP contribution in [0.15, 0.2) is 12.1 Å². The van der Waals surface area contributed by atoms with Crippen molar-refractivity contribution >= 4 is 6.47 Å². The molecule has 0 fully saturated rings. The van der Waals surface area contributed by atoms with Crippen LogP contribution in [0.4, 0.5) is 0 Å². The summed E-state index contributed by atoms with van der Waals surface area (Å²) in [6.07, 6.45) is 0. The molecule has 0 aliphatic heterocycles. The van der Waals surface area contributed by atoms with Gasteiger partial charge in [-0.3, -0.25) is 0 Å². The molecule has 2 nitrogen and oxygen atoms in total. The first-order chi connectivity index (χ1) is 9.28. The Morgan fingerprint density at radius 2 is 1.14 bits per heavy atom. The zero-order chi connectivity index (χ0) is 16.6. The lowest BCUT2D eigenvalue weighted by Crippen LogP contribution is -2.22. The Balaban J connectivity index is 3.79. The van der Waals surface area contributed by atoms with Crippen LogP contribution in [0.5, 0.6) is 5.75 Å². The Morgan fingerprint density at radius 1 is 0.762 bits per heavy atom. The third-order valence-electron chi connectivity index (χ3n) is 3.71. The number of ether oxygens (including phenoxy) is 1. The SMILES string of the molecule is CC(C)(C)c1cc(C(C)(C)C)c(O[C]=O)c(C(C)(C)C)c1. The minimum absolute atomic E-state index is 0.0451. The predicted molar refractivity (Wildman–Crippen MR) is 88.9 cm³/mol. The largest absolute Gasteiger partial charge is 0.423 e. The van der Waals surface area contributed by atoms with E-state index < -0.39 is 0 Å². The molecular weight excluding hydrogens is 260 g/mol. The van der Waals surface area contributed by atoms with Crippen molar-refractivity contribution < 1.29 is 9.53 Å². The molecular formula is C19H29O2. The normalized spacial score (nSPS) is 13.2. The second kappa shape index (κ2) is 5.47. The van der Waals surface area contributed by atoms with Crippen LogP contribution in [0.1, 0.15) is 79.0 Å². The molecule has 0 aliphatic carbocycles. The highest BCUT2D eigenvalue weighted by molar-refractivity contribution is 5.57. The average Bonchev–Trinajstić information content (AvgIpc) is 2.24. The van der Waals surface area contributed by atoms with E-state index in [-0.39, 0.29) is 16.2 Å². The summed E-state index contributed by atoms with van der Waals surface area (Å²) >= 11 is 0. The smallest absolute Gasteiger partial charge is 0.417 e. The molecule has 0 saturated carbocycles. The van der Waals surface area contributed by atoms with E-state index in [1.807, 2.05) is 0 Å². The Labute approximate surface area is 129 Å². The van der Waals surface area contributed by atoms with E-state index in [4.69, 9.17) is 4.74 Å². The zero-order valence-electron chi connectivity index (χ0n) is 15.0. The van der Waals surface area contributed by atoms with Crippen molar-refractivity contribution in [2.45, 2.75) is 78.6 Å². The minimum Gasteiger partial charge on any atom is -0.417 e. The van der Waals surface area contributed by atoms with Crippen molar-refractivity contribution in [3.05, 3.63) is 28.8 Å². The summed E-state index contributed by atoms with van der Waals surface area (Å²) in [4.78, 5) is 10.9. The predicted octanol–water partition coefficient (Wildman–Crippen LogP) is 5.03. The fraction of sp³-hybridized carbons (Fsp3) is 0.632. The Bertz CT molecular complexity index is 485. The summed E-state index contributed by atoms with van der Waals surface area (Å²) < 4.78 is 5.28. The molecule has 117 valence electrons. The third kappa shape index (κ3) is 4.09. The van der Waals surface area contributed by atoms with E-state index in [0.29, 0.717) is 5.75 Å². The highest BCUT2D eigenvalue weighted by Crippen LogP contribution is 2.42. The lowest BCUT2D eigenvalue weighted by molar-refractivity contribution is 0.417. The molecule has 0 unspecified atom stereocenters. The van der Waals surface area contributed by atoms with Crippen LogP contribution in [-0.4, -0.2) is 6.47 Å². The lowest BCUT2D eigenvalue weighted by Gasteiger charge is -2.32. The maximum atomic E-state index is 10.9. The molecule has 1 aromatic carbocycles. The van der Waals surface area contributed by atoms with Crippen molar-refractivity contribution in [3.8, 4) is 5.75 Å². The fourth-order valence-electron chi connectivity index (χ4n) is 2.33. The molecule has 0 aliphatic rings. The van der Waals surface area contributed by atoms with Gasteiger partial charge in [-0.2, -0.15) is 0 Å². The maximum absolute atomic E-state index is 10.9. The Kier molecular flexibility index (Phi) is 4.62. The molecule has 0 atom stereocenters. The van der Waals surface area contributed by atoms with E-state index in [1.54, 1.807) is 6.47 Å². The number of hydrogen-bond acceptors (Lipinski definition) is 2. The molecule has 1 rings (SSSR count).